The molecule has 0 fully saturated rings. The lowest BCUT2D eigenvalue weighted by Crippen LogP contribution is -2.03. The second-order valence-corrected chi connectivity index (χ2v) is 5.43. The molecule has 2 aromatic rings. The Morgan fingerprint density at radius 2 is 1.59 bits per heavy atom. The molecule has 0 radical (unpaired) electrons. The molecule has 144 valence electrons. The van der Waals surface area contributed by atoms with Crippen LogP contribution in [-0.4, -0.2) is 33.9 Å². The average Bonchev–Trinajstić information content (AvgIpc) is 2.71. The van der Waals surface area contributed by atoms with E-state index in [4.69, 9.17) is 23.7 Å². The van der Waals surface area contributed by atoms with Crippen molar-refractivity contribution in [2.45, 2.75) is 13.5 Å². The minimum absolute atomic E-state index is 0.127. The number of rotatable bonds is 9. The van der Waals surface area contributed by atoms with Crippen molar-refractivity contribution in [3.05, 3.63) is 53.6 Å². The van der Waals surface area contributed by atoms with Crippen LogP contribution < -0.4 is 18.9 Å². The number of para-hydroxylation sites is 1. The molecule has 0 unspecified atom stereocenters. The van der Waals surface area contributed by atoms with E-state index in [1.54, 1.807) is 39.5 Å². The minimum atomic E-state index is -0.474. The van der Waals surface area contributed by atoms with Gasteiger partial charge in [0.05, 0.1) is 27.9 Å². The summed E-state index contributed by atoms with van der Waals surface area (Å²) in [6.45, 7) is 2.58. The number of hydrogen-bond acceptors (Lipinski definition) is 6. The van der Waals surface area contributed by atoms with Gasteiger partial charge in [0.25, 0.3) is 0 Å². The first-order valence-corrected chi connectivity index (χ1v) is 8.48. The summed E-state index contributed by atoms with van der Waals surface area (Å²) in [7, 11) is 4.63. The smallest absolute Gasteiger partial charge is 0.331 e. The highest BCUT2D eigenvalue weighted by Gasteiger charge is 2.11. The van der Waals surface area contributed by atoms with Crippen molar-refractivity contribution in [3.8, 4) is 23.0 Å². The van der Waals surface area contributed by atoms with Gasteiger partial charge in [-0.2, -0.15) is 0 Å². The normalized spacial score (nSPS) is 10.5. The summed E-state index contributed by atoms with van der Waals surface area (Å²) in [6, 6.07) is 10.9. The fourth-order valence-corrected chi connectivity index (χ4v) is 2.46. The van der Waals surface area contributed by atoms with Crippen LogP contribution in [0, 0.1) is 0 Å². The maximum Gasteiger partial charge on any atom is 0.331 e. The molecule has 0 spiro atoms. The monoisotopic (exact) mass is 372 g/mol. The zero-order chi connectivity index (χ0) is 19.6. The first-order chi connectivity index (χ1) is 13.1. The summed E-state index contributed by atoms with van der Waals surface area (Å²) in [5.41, 5.74) is 1.48. The van der Waals surface area contributed by atoms with Gasteiger partial charge >= 0.3 is 5.97 Å². The molecule has 0 bridgehead atoms. The molecule has 2 aromatic carbocycles. The van der Waals surface area contributed by atoms with Crippen LogP contribution in [0.25, 0.3) is 6.08 Å². The molecule has 0 aliphatic rings. The molecule has 0 amide bonds. The third-order valence-corrected chi connectivity index (χ3v) is 3.78. The Balaban J connectivity index is 2.08. The second kappa shape index (κ2) is 10.1. The van der Waals surface area contributed by atoms with Gasteiger partial charge in [0.15, 0.2) is 11.5 Å². The van der Waals surface area contributed by atoms with Crippen LogP contribution in [0.4, 0.5) is 0 Å². The SMILES string of the molecule is CCOc1ccccc1COC(=O)/C=C/c1cc(OC)c(OC)cc1OC. The summed E-state index contributed by atoms with van der Waals surface area (Å²) >= 11 is 0. The topological polar surface area (TPSA) is 63.2 Å². The van der Waals surface area contributed by atoms with E-state index in [-0.39, 0.29) is 6.61 Å². The number of benzene rings is 2. The Morgan fingerprint density at radius 3 is 2.26 bits per heavy atom. The van der Waals surface area contributed by atoms with Gasteiger partial charge in [0.2, 0.25) is 0 Å². The maximum atomic E-state index is 12.1. The summed E-state index contributed by atoms with van der Waals surface area (Å²) in [5.74, 6) is 1.87. The van der Waals surface area contributed by atoms with Crippen molar-refractivity contribution < 1.29 is 28.5 Å². The lowest BCUT2D eigenvalue weighted by Gasteiger charge is -2.12. The van der Waals surface area contributed by atoms with Crippen LogP contribution >= 0.6 is 0 Å². The van der Waals surface area contributed by atoms with Gasteiger partial charge in [-0.1, -0.05) is 18.2 Å². The highest BCUT2D eigenvalue weighted by atomic mass is 16.5. The molecule has 0 aromatic heterocycles. The highest BCUT2D eigenvalue weighted by Crippen LogP contribution is 2.35. The average molecular weight is 372 g/mol. The number of esters is 1. The predicted octanol–water partition coefficient (Wildman–Crippen LogP) is 3.87. The lowest BCUT2D eigenvalue weighted by atomic mass is 10.1. The fraction of sp³-hybridized carbons (Fsp3) is 0.286. The third-order valence-electron chi connectivity index (χ3n) is 3.78. The summed E-state index contributed by atoms with van der Waals surface area (Å²) in [5, 5.41) is 0. The van der Waals surface area contributed by atoms with Crippen molar-refractivity contribution >= 4 is 12.0 Å². The van der Waals surface area contributed by atoms with Crippen molar-refractivity contribution in [1.29, 1.82) is 0 Å². The van der Waals surface area contributed by atoms with Gasteiger partial charge in [-0.25, -0.2) is 4.79 Å². The standard InChI is InChI=1S/C21H24O6/c1-5-26-17-9-7-6-8-16(17)14-27-21(22)11-10-15-12-19(24-3)20(25-4)13-18(15)23-2/h6-13H,5,14H2,1-4H3/b11-10+. The molecule has 2 rings (SSSR count). The van der Waals surface area contributed by atoms with E-state index in [9.17, 15) is 4.79 Å². The van der Waals surface area contributed by atoms with Crippen LogP contribution in [0.1, 0.15) is 18.1 Å². The molecule has 0 aliphatic carbocycles. The molecule has 0 saturated heterocycles. The molecular formula is C21H24O6. The molecule has 27 heavy (non-hydrogen) atoms. The zero-order valence-electron chi connectivity index (χ0n) is 16.0. The van der Waals surface area contributed by atoms with E-state index < -0.39 is 5.97 Å². The van der Waals surface area contributed by atoms with E-state index in [2.05, 4.69) is 0 Å². The second-order valence-electron chi connectivity index (χ2n) is 5.43. The molecule has 0 atom stereocenters. The summed E-state index contributed by atoms with van der Waals surface area (Å²) in [6.07, 6.45) is 2.95. The van der Waals surface area contributed by atoms with Crippen LogP contribution in [0.5, 0.6) is 23.0 Å². The first kappa shape index (κ1) is 20.2. The first-order valence-electron chi connectivity index (χ1n) is 8.48. The van der Waals surface area contributed by atoms with Gasteiger partial charge in [0.1, 0.15) is 18.1 Å². The number of ether oxygens (including phenoxy) is 5. The van der Waals surface area contributed by atoms with Crippen molar-refractivity contribution in [2.24, 2.45) is 0 Å². The Kier molecular flexibility index (Phi) is 7.55. The van der Waals surface area contributed by atoms with Crippen molar-refractivity contribution in [1.82, 2.24) is 0 Å². The van der Waals surface area contributed by atoms with Crippen molar-refractivity contribution in [3.63, 3.8) is 0 Å². The minimum Gasteiger partial charge on any atom is -0.496 e. The lowest BCUT2D eigenvalue weighted by molar-refractivity contribution is -0.138. The summed E-state index contributed by atoms with van der Waals surface area (Å²) < 4.78 is 26.7. The Bertz CT molecular complexity index is 797. The number of hydrogen-bond donors (Lipinski definition) is 0. The fourth-order valence-electron chi connectivity index (χ4n) is 2.46. The van der Waals surface area contributed by atoms with Crippen molar-refractivity contribution in [2.75, 3.05) is 27.9 Å². The molecule has 6 heteroatoms. The Hall–Kier alpha value is -3.15. The largest absolute Gasteiger partial charge is 0.496 e. The molecule has 0 saturated carbocycles. The van der Waals surface area contributed by atoms with Crippen LogP contribution in [-0.2, 0) is 16.1 Å². The van der Waals surface area contributed by atoms with Crippen LogP contribution in [0.15, 0.2) is 42.5 Å². The maximum absolute atomic E-state index is 12.1. The van der Waals surface area contributed by atoms with Gasteiger partial charge in [-0.3, -0.25) is 0 Å². The van der Waals surface area contributed by atoms with E-state index in [1.807, 2.05) is 31.2 Å². The molecule has 6 nitrogen and oxygen atoms in total. The summed E-state index contributed by atoms with van der Waals surface area (Å²) in [4.78, 5) is 12.1. The number of methoxy groups -OCH3 is 3. The van der Waals surface area contributed by atoms with Gasteiger partial charge < -0.3 is 23.7 Å². The van der Waals surface area contributed by atoms with E-state index >= 15 is 0 Å². The molecule has 0 aliphatic heterocycles. The quantitative estimate of drug-likeness (QED) is 0.492. The van der Waals surface area contributed by atoms with Gasteiger partial charge in [-0.15, -0.1) is 0 Å². The molecule has 0 heterocycles. The number of carbonyl (C=O) groups excluding carboxylic acids is 1. The van der Waals surface area contributed by atoms with Gasteiger partial charge in [-0.05, 0) is 25.1 Å². The van der Waals surface area contributed by atoms with E-state index in [0.29, 0.717) is 35.2 Å². The Labute approximate surface area is 159 Å². The Morgan fingerprint density at radius 1 is 0.926 bits per heavy atom. The van der Waals surface area contributed by atoms with E-state index in [0.717, 1.165) is 5.56 Å². The predicted molar refractivity (Wildman–Crippen MR) is 103 cm³/mol. The van der Waals surface area contributed by atoms with Gasteiger partial charge in [0, 0.05) is 23.3 Å². The molecular weight excluding hydrogens is 348 g/mol. The van der Waals surface area contributed by atoms with E-state index in [1.165, 1.54) is 6.08 Å². The molecule has 0 N–H and O–H groups in total. The zero-order valence-corrected chi connectivity index (χ0v) is 16.0. The highest BCUT2D eigenvalue weighted by molar-refractivity contribution is 5.88. The third kappa shape index (κ3) is 5.41. The number of carbonyl (C=O) groups is 1. The van der Waals surface area contributed by atoms with Crippen LogP contribution in [0.3, 0.4) is 0 Å². The van der Waals surface area contributed by atoms with Crippen LogP contribution in [0.2, 0.25) is 0 Å².